The highest BCUT2D eigenvalue weighted by atomic mass is 79.9. The molecule has 0 aliphatic carbocycles. The molecule has 1 amide bonds. The number of rotatable bonds is 5. The third-order valence-corrected chi connectivity index (χ3v) is 4.65. The zero-order valence-corrected chi connectivity index (χ0v) is 16.4. The lowest BCUT2D eigenvalue weighted by molar-refractivity contribution is -0.139. The summed E-state index contributed by atoms with van der Waals surface area (Å²) in [5, 5.41) is 12.0. The first-order valence-electron chi connectivity index (χ1n) is 7.32. The summed E-state index contributed by atoms with van der Waals surface area (Å²) in [6.07, 6.45) is 0.233. The van der Waals surface area contributed by atoms with Crippen molar-refractivity contribution in [1.29, 1.82) is 0 Å². The van der Waals surface area contributed by atoms with Gasteiger partial charge in [-0.3, -0.25) is 4.79 Å². The number of carboxylic acids is 1. The van der Waals surface area contributed by atoms with E-state index in [4.69, 9.17) is 0 Å². The van der Waals surface area contributed by atoms with Crippen molar-refractivity contribution < 1.29 is 14.7 Å². The Balaban J connectivity index is 2.17. The van der Waals surface area contributed by atoms with Crippen LogP contribution in [0.3, 0.4) is 0 Å². The number of carbonyl (C=O) groups excluding carboxylic acids is 1. The quantitative estimate of drug-likeness (QED) is 0.709. The molecule has 0 aromatic heterocycles. The third-order valence-electron chi connectivity index (χ3n) is 3.74. The minimum absolute atomic E-state index is 0.233. The summed E-state index contributed by atoms with van der Waals surface area (Å²) in [5.74, 6) is -1.48. The Morgan fingerprint density at radius 2 is 1.67 bits per heavy atom. The van der Waals surface area contributed by atoms with Gasteiger partial charge in [0.15, 0.2) is 0 Å². The van der Waals surface area contributed by atoms with E-state index in [1.54, 1.807) is 18.2 Å². The van der Waals surface area contributed by atoms with Crippen molar-refractivity contribution in [1.82, 2.24) is 5.32 Å². The van der Waals surface area contributed by atoms with Crippen molar-refractivity contribution in [3.8, 4) is 0 Å². The normalized spacial score (nSPS) is 11.8. The first-order valence-corrected chi connectivity index (χ1v) is 8.91. The van der Waals surface area contributed by atoms with E-state index in [1.807, 2.05) is 32.0 Å². The number of carbonyl (C=O) groups is 2. The van der Waals surface area contributed by atoms with Gasteiger partial charge in [-0.25, -0.2) is 4.79 Å². The van der Waals surface area contributed by atoms with Crippen LogP contribution in [-0.2, 0) is 11.2 Å². The van der Waals surface area contributed by atoms with Gasteiger partial charge >= 0.3 is 5.97 Å². The molecule has 0 aliphatic heterocycles. The highest BCUT2D eigenvalue weighted by Gasteiger charge is 2.21. The molecule has 4 nitrogen and oxygen atoms in total. The van der Waals surface area contributed by atoms with E-state index in [9.17, 15) is 14.7 Å². The fourth-order valence-electron chi connectivity index (χ4n) is 2.29. The molecule has 0 heterocycles. The van der Waals surface area contributed by atoms with Gasteiger partial charge < -0.3 is 10.4 Å². The van der Waals surface area contributed by atoms with Gasteiger partial charge in [-0.2, -0.15) is 0 Å². The van der Waals surface area contributed by atoms with E-state index >= 15 is 0 Å². The number of hydrogen-bond donors (Lipinski definition) is 2. The Kier molecular flexibility index (Phi) is 6.18. The molecule has 126 valence electrons. The first-order chi connectivity index (χ1) is 11.3. The van der Waals surface area contributed by atoms with Gasteiger partial charge in [-0.1, -0.05) is 50.1 Å². The molecule has 0 aliphatic rings. The highest BCUT2D eigenvalue weighted by molar-refractivity contribution is 9.11. The summed E-state index contributed by atoms with van der Waals surface area (Å²) in [4.78, 5) is 23.9. The van der Waals surface area contributed by atoms with Crippen molar-refractivity contribution >= 4 is 43.7 Å². The van der Waals surface area contributed by atoms with Gasteiger partial charge in [0.05, 0.1) is 0 Å². The fourth-order valence-corrected chi connectivity index (χ4v) is 3.59. The van der Waals surface area contributed by atoms with E-state index in [1.165, 1.54) is 0 Å². The maximum Gasteiger partial charge on any atom is 0.326 e. The second-order valence-electron chi connectivity index (χ2n) is 5.65. The molecule has 0 saturated carbocycles. The van der Waals surface area contributed by atoms with Crippen LogP contribution in [0.25, 0.3) is 0 Å². The lowest BCUT2D eigenvalue weighted by atomic mass is 10.0. The molecule has 0 saturated heterocycles. The zero-order valence-electron chi connectivity index (χ0n) is 13.3. The monoisotopic (exact) mass is 453 g/mol. The molecule has 0 radical (unpaired) electrons. The topological polar surface area (TPSA) is 66.4 Å². The SMILES string of the molecule is Cc1ccc(C[C@@H](NC(=O)c2cc(Br)cc(Br)c2)C(=O)O)cc1C. The van der Waals surface area contributed by atoms with Crippen molar-refractivity contribution in [2.24, 2.45) is 0 Å². The van der Waals surface area contributed by atoms with Gasteiger partial charge in [0.1, 0.15) is 6.04 Å². The van der Waals surface area contributed by atoms with Gasteiger partial charge in [-0.05, 0) is 48.7 Å². The van der Waals surface area contributed by atoms with Crippen LogP contribution in [0.4, 0.5) is 0 Å². The molecule has 24 heavy (non-hydrogen) atoms. The smallest absolute Gasteiger partial charge is 0.326 e. The predicted octanol–water partition coefficient (Wildman–Crippen LogP) is 4.25. The number of aryl methyl sites for hydroxylation is 2. The Hall–Kier alpha value is -1.66. The molecule has 2 N–H and O–H groups in total. The number of halogens is 2. The van der Waals surface area contributed by atoms with Crippen LogP contribution in [-0.4, -0.2) is 23.0 Å². The summed E-state index contributed by atoms with van der Waals surface area (Å²) in [7, 11) is 0. The number of nitrogens with one attached hydrogen (secondary N) is 1. The number of amides is 1. The predicted molar refractivity (Wildman–Crippen MR) is 100 cm³/mol. The minimum atomic E-state index is -1.06. The summed E-state index contributed by atoms with van der Waals surface area (Å²) < 4.78 is 1.48. The van der Waals surface area contributed by atoms with Crippen molar-refractivity contribution in [3.63, 3.8) is 0 Å². The summed E-state index contributed by atoms with van der Waals surface area (Å²) >= 11 is 6.64. The van der Waals surface area contributed by atoms with Crippen LogP contribution in [0.2, 0.25) is 0 Å². The second kappa shape index (κ2) is 7.94. The molecule has 0 bridgehead atoms. The second-order valence-corrected chi connectivity index (χ2v) is 7.48. The lowest BCUT2D eigenvalue weighted by Gasteiger charge is -2.16. The minimum Gasteiger partial charge on any atom is -0.480 e. The summed E-state index contributed by atoms with van der Waals surface area (Å²) in [5.41, 5.74) is 3.51. The van der Waals surface area contributed by atoms with E-state index in [2.05, 4.69) is 37.2 Å². The van der Waals surface area contributed by atoms with Crippen LogP contribution in [0.1, 0.15) is 27.0 Å². The first kappa shape index (κ1) is 18.7. The molecular formula is C18H17Br2NO3. The van der Waals surface area contributed by atoms with Crippen LogP contribution < -0.4 is 5.32 Å². The van der Waals surface area contributed by atoms with Crippen LogP contribution in [0.5, 0.6) is 0 Å². The maximum absolute atomic E-state index is 12.4. The molecule has 2 rings (SSSR count). The Labute approximate surface area is 157 Å². The highest BCUT2D eigenvalue weighted by Crippen LogP contribution is 2.20. The average Bonchev–Trinajstić information content (AvgIpc) is 2.49. The molecule has 1 atom stereocenters. The molecule has 2 aromatic rings. The number of aliphatic carboxylic acids is 1. The van der Waals surface area contributed by atoms with E-state index in [-0.39, 0.29) is 6.42 Å². The van der Waals surface area contributed by atoms with Crippen molar-refractivity contribution in [3.05, 3.63) is 67.6 Å². The van der Waals surface area contributed by atoms with E-state index in [0.29, 0.717) is 5.56 Å². The van der Waals surface area contributed by atoms with Crippen molar-refractivity contribution in [2.75, 3.05) is 0 Å². The van der Waals surface area contributed by atoms with Gasteiger partial charge in [0, 0.05) is 20.9 Å². The number of hydrogen-bond acceptors (Lipinski definition) is 2. The average molecular weight is 455 g/mol. The molecular weight excluding hydrogens is 438 g/mol. The standard InChI is InChI=1S/C18H17Br2NO3/c1-10-3-4-12(5-11(10)2)6-16(18(23)24)21-17(22)13-7-14(19)9-15(20)8-13/h3-5,7-9,16H,6H2,1-2H3,(H,21,22)(H,23,24)/t16-/m1/s1. The molecule has 6 heteroatoms. The van der Waals surface area contributed by atoms with Crippen LogP contribution >= 0.6 is 31.9 Å². The van der Waals surface area contributed by atoms with E-state index < -0.39 is 17.9 Å². The van der Waals surface area contributed by atoms with E-state index in [0.717, 1.165) is 25.6 Å². The van der Waals surface area contributed by atoms with Gasteiger partial charge in [-0.15, -0.1) is 0 Å². The van der Waals surface area contributed by atoms with Crippen molar-refractivity contribution in [2.45, 2.75) is 26.3 Å². The third kappa shape index (κ3) is 4.92. The fraction of sp³-hybridized carbons (Fsp3) is 0.222. The molecule has 0 fully saturated rings. The Morgan fingerprint density at radius 1 is 1.04 bits per heavy atom. The van der Waals surface area contributed by atoms with Crippen LogP contribution in [0, 0.1) is 13.8 Å². The zero-order chi connectivity index (χ0) is 17.9. The molecule has 0 unspecified atom stereocenters. The Bertz CT molecular complexity index is 770. The Morgan fingerprint density at radius 3 is 2.21 bits per heavy atom. The largest absolute Gasteiger partial charge is 0.480 e. The molecule has 0 spiro atoms. The van der Waals surface area contributed by atoms with Gasteiger partial charge in [0.2, 0.25) is 0 Å². The number of benzene rings is 2. The number of carboxylic acid groups (broad SMARTS) is 1. The lowest BCUT2D eigenvalue weighted by Crippen LogP contribution is -2.42. The summed E-state index contributed by atoms with van der Waals surface area (Å²) in [6.45, 7) is 3.98. The summed E-state index contributed by atoms with van der Waals surface area (Å²) in [6, 6.07) is 9.91. The maximum atomic E-state index is 12.4. The van der Waals surface area contributed by atoms with Crippen LogP contribution in [0.15, 0.2) is 45.3 Å². The molecule has 2 aromatic carbocycles. The van der Waals surface area contributed by atoms with Gasteiger partial charge in [0.25, 0.3) is 5.91 Å².